The first-order valence-electron chi connectivity index (χ1n) is 10.4. The van der Waals surface area contributed by atoms with Crippen LogP contribution in [-0.2, 0) is 5.41 Å². The molecule has 0 spiro atoms. The largest absolute Gasteiger partial charge is 0.491 e. The molecule has 0 bridgehead atoms. The van der Waals surface area contributed by atoms with Crippen molar-refractivity contribution in [1.29, 1.82) is 0 Å². The number of benzene rings is 2. The lowest BCUT2D eigenvalue weighted by Crippen LogP contribution is -2.23. The van der Waals surface area contributed by atoms with Gasteiger partial charge in [-0.1, -0.05) is 65.8 Å². The molecule has 2 aromatic rings. The highest BCUT2D eigenvalue weighted by Crippen LogP contribution is 2.33. The van der Waals surface area contributed by atoms with Crippen molar-refractivity contribution >= 4 is 0 Å². The molecule has 160 valence electrons. The number of aliphatic hydroxyl groups excluding tert-OH is 2. The molecule has 0 fully saturated rings. The maximum atomic E-state index is 9.89. The van der Waals surface area contributed by atoms with Crippen molar-refractivity contribution in [1.82, 2.24) is 0 Å². The van der Waals surface area contributed by atoms with Crippen molar-refractivity contribution in [3.63, 3.8) is 0 Å². The summed E-state index contributed by atoms with van der Waals surface area (Å²) in [4.78, 5) is 0. The van der Waals surface area contributed by atoms with E-state index in [2.05, 4.69) is 38.1 Å². The van der Waals surface area contributed by atoms with Gasteiger partial charge >= 0.3 is 0 Å². The van der Waals surface area contributed by atoms with E-state index in [1.807, 2.05) is 52.0 Å². The topological polar surface area (TPSA) is 58.9 Å². The minimum absolute atomic E-state index is 0.175. The third-order valence-electron chi connectivity index (χ3n) is 5.53. The Labute approximate surface area is 175 Å². The van der Waals surface area contributed by atoms with Crippen molar-refractivity contribution in [3.8, 4) is 11.5 Å². The standard InChI is InChI=1S/C25H36O4/c1-17(2)23(26)15-28-21-11-7-19(8-12-21)25(5,6)20-9-13-22(14-10-20)29-16-24(27)18(3)4/h7-14,17-18,23-24,26-27H,15-16H2,1-6H3. The van der Waals surface area contributed by atoms with E-state index in [4.69, 9.17) is 9.47 Å². The fraction of sp³-hybridized carbons (Fsp3) is 0.520. The fourth-order valence-electron chi connectivity index (χ4n) is 2.85. The number of ether oxygens (including phenoxy) is 2. The monoisotopic (exact) mass is 400 g/mol. The highest BCUT2D eigenvalue weighted by atomic mass is 16.5. The normalized spacial score (nSPS) is 14.1. The van der Waals surface area contributed by atoms with Crippen LogP contribution in [0.4, 0.5) is 0 Å². The van der Waals surface area contributed by atoms with Crippen LogP contribution in [-0.4, -0.2) is 35.6 Å². The van der Waals surface area contributed by atoms with Gasteiger partial charge in [0, 0.05) is 5.41 Å². The Kier molecular flexibility index (Phi) is 8.12. The molecule has 4 heteroatoms. The molecular weight excluding hydrogens is 364 g/mol. The van der Waals surface area contributed by atoms with E-state index >= 15 is 0 Å². The average molecular weight is 401 g/mol. The highest BCUT2D eigenvalue weighted by molar-refractivity contribution is 5.41. The van der Waals surface area contributed by atoms with E-state index < -0.39 is 12.2 Å². The second kappa shape index (κ2) is 10.1. The van der Waals surface area contributed by atoms with Crippen LogP contribution in [0.5, 0.6) is 11.5 Å². The number of hydrogen-bond donors (Lipinski definition) is 2. The van der Waals surface area contributed by atoms with Gasteiger partial charge in [0.05, 0.1) is 12.2 Å². The maximum Gasteiger partial charge on any atom is 0.119 e. The minimum atomic E-state index is -0.464. The average Bonchev–Trinajstić information content (AvgIpc) is 2.70. The van der Waals surface area contributed by atoms with Crippen LogP contribution in [0.1, 0.15) is 52.7 Å². The first-order valence-corrected chi connectivity index (χ1v) is 10.4. The Balaban J connectivity index is 2.02. The molecule has 2 aromatic carbocycles. The first kappa shape index (κ1) is 23.2. The Bertz CT molecular complexity index is 669. The van der Waals surface area contributed by atoms with E-state index in [0.29, 0.717) is 13.2 Å². The van der Waals surface area contributed by atoms with Gasteiger partial charge in [0.1, 0.15) is 24.7 Å². The van der Waals surface area contributed by atoms with Crippen LogP contribution in [0.25, 0.3) is 0 Å². The lowest BCUT2D eigenvalue weighted by atomic mass is 9.78. The van der Waals surface area contributed by atoms with Gasteiger partial charge < -0.3 is 19.7 Å². The molecule has 29 heavy (non-hydrogen) atoms. The summed E-state index contributed by atoms with van der Waals surface area (Å²) in [6.45, 7) is 12.9. The highest BCUT2D eigenvalue weighted by Gasteiger charge is 2.23. The Morgan fingerprint density at radius 2 is 0.966 bits per heavy atom. The van der Waals surface area contributed by atoms with Crippen LogP contribution in [0, 0.1) is 11.8 Å². The molecule has 2 N–H and O–H groups in total. The van der Waals surface area contributed by atoms with Crippen LogP contribution in [0.15, 0.2) is 48.5 Å². The molecule has 4 nitrogen and oxygen atoms in total. The molecule has 0 aliphatic heterocycles. The lowest BCUT2D eigenvalue weighted by Gasteiger charge is -2.27. The molecular formula is C25H36O4. The molecule has 2 rings (SSSR count). The molecule has 0 amide bonds. The zero-order valence-electron chi connectivity index (χ0n) is 18.6. The zero-order chi connectivity index (χ0) is 21.6. The van der Waals surface area contributed by atoms with E-state index in [0.717, 1.165) is 11.5 Å². The third-order valence-corrected chi connectivity index (χ3v) is 5.53. The Hall–Kier alpha value is -2.04. The Morgan fingerprint density at radius 3 is 1.24 bits per heavy atom. The lowest BCUT2D eigenvalue weighted by molar-refractivity contribution is 0.0701. The molecule has 0 heterocycles. The fourth-order valence-corrected chi connectivity index (χ4v) is 2.85. The molecule has 0 aliphatic rings. The zero-order valence-corrected chi connectivity index (χ0v) is 18.6. The molecule has 0 aromatic heterocycles. The maximum absolute atomic E-state index is 9.89. The van der Waals surface area contributed by atoms with E-state index in [9.17, 15) is 10.2 Å². The van der Waals surface area contributed by atoms with Crippen LogP contribution in [0.2, 0.25) is 0 Å². The summed E-state index contributed by atoms with van der Waals surface area (Å²) >= 11 is 0. The summed E-state index contributed by atoms with van der Waals surface area (Å²) in [5.74, 6) is 1.87. The summed E-state index contributed by atoms with van der Waals surface area (Å²) in [6, 6.07) is 16.1. The van der Waals surface area contributed by atoms with Crippen molar-refractivity contribution in [2.45, 2.75) is 59.2 Å². The number of hydrogen-bond acceptors (Lipinski definition) is 4. The predicted molar refractivity (Wildman–Crippen MR) is 118 cm³/mol. The predicted octanol–water partition coefficient (Wildman–Crippen LogP) is 4.80. The number of aliphatic hydroxyl groups is 2. The molecule has 0 saturated carbocycles. The van der Waals surface area contributed by atoms with E-state index in [1.54, 1.807) is 0 Å². The molecule has 0 aliphatic carbocycles. The van der Waals surface area contributed by atoms with Crippen molar-refractivity contribution in [2.24, 2.45) is 11.8 Å². The van der Waals surface area contributed by atoms with Crippen LogP contribution in [0.3, 0.4) is 0 Å². The van der Waals surface area contributed by atoms with Crippen molar-refractivity contribution in [2.75, 3.05) is 13.2 Å². The van der Waals surface area contributed by atoms with Crippen molar-refractivity contribution < 1.29 is 19.7 Å². The Morgan fingerprint density at radius 1 is 0.655 bits per heavy atom. The molecule has 0 saturated heterocycles. The van der Waals surface area contributed by atoms with Gasteiger partial charge in [-0.2, -0.15) is 0 Å². The molecule has 0 radical (unpaired) electrons. The second-order valence-electron chi connectivity index (χ2n) is 8.92. The van der Waals surface area contributed by atoms with Gasteiger partial charge in [-0.05, 0) is 47.2 Å². The summed E-state index contributed by atoms with van der Waals surface area (Å²) in [6.07, 6.45) is -0.929. The van der Waals surface area contributed by atoms with E-state index in [1.165, 1.54) is 11.1 Å². The summed E-state index contributed by atoms with van der Waals surface area (Å²) in [5.41, 5.74) is 2.18. The molecule has 2 atom stereocenters. The van der Waals surface area contributed by atoms with Crippen LogP contribution >= 0.6 is 0 Å². The van der Waals surface area contributed by atoms with Gasteiger partial charge in [-0.3, -0.25) is 0 Å². The third kappa shape index (κ3) is 6.48. The summed E-state index contributed by atoms with van der Waals surface area (Å²) in [5, 5.41) is 19.8. The second-order valence-corrected chi connectivity index (χ2v) is 8.92. The van der Waals surface area contributed by atoms with Crippen LogP contribution < -0.4 is 9.47 Å². The quantitative estimate of drug-likeness (QED) is 0.601. The van der Waals surface area contributed by atoms with E-state index in [-0.39, 0.29) is 17.3 Å². The summed E-state index contributed by atoms with van der Waals surface area (Å²) < 4.78 is 11.4. The van der Waals surface area contributed by atoms with Gasteiger partial charge in [-0.25, -0.2) is 0 Å². The first-order chi connectivity index (χ1) is 13.6. The van der Waals surface area contributed by atoms with Crippen molar-refractivity contribution in [3.05, 3.63) is 59.7 Å². The smallest absolute Gasteiger partial charge is 0.119 e. The SMILES string of the molecule is CC(C)C(O)COc1ccc(C(C)(C)c2ccc(OCC(O)C(C)C)cc2)cc1. The van der Waals surface area contributed by atoms with Gasteiger partial charge in [0.25, 0.3) is 0 Å². The minimum Gasteiger partial charge on any atom is -0.491 e. The van der Waals surface area contributed by atoms with Gasteiger partial charge in [-0.15, -0.1) is 0 Å². The molecule has 2 unspecified atom stereocenters. The van der Waals surface area contributed by atoms with Gasteiger partial charge in [0.15, 0.2) is 0 Å². The van der Waals surface area contributed by atoms with Gasteiger partial charge in [0.2, 0.25) is 0 Å². The summed E-state index contributed by atoms with van der Waals surface area (Å²) in [7, 11) is 0. The number of rotatable bonds is 10.